The van der Waals surface area contributed by atoms with Crippen molar-refractivity contribution in [1.82, 2.24) is 5.32 Å². The Morgan fingerprint density at radius 1 is 1.41 bits per heavy atom. The number of amides is 1. The van der Waals surface area contributed by atoms with Gasteiger partial charge in [-0.25, -0.2) is 13.6 Å². The summed E-state index contributed by atoms with van der Waals surface area (Å²) in [6, 6.07) is -0.634. The molecule has 1 amide bonds. The third kappa shape index (κ3) is 7.10. The fourth-order valence-corrected chi connectivity index (χ4v) is 1.25. The summed E-state index contributed by atoms with van der Waals surface area (Å²) in [5, 5.41) is 2.31. The molecule has 0 saturated heterocycles. The third-order valence-electron chi connectivity index (χ3n) is 2.23. The summed E-state index contributed by atoms with van der Waals surface area (Å²) in [5.41, 5.74) is 4.92. The Hall–Kier alpha value is -0.910. The number of rotatable bonds is 5. The third-order valence-corrected chi connectivity index (χ3v) is 2.23. The van der Waals surface area contributed by atoms with Gasteiger partial charge < -0.3 is 15.8 Å². The molecule has 6 heteroatoms. The second kappa shape index (κ2) is 6.74. The van der Waals surface area contributed by atoms with E-state index in [1.165, 1.54) is 0 Å². The molecule has 0 unspecified atom stereocenters. The lowest BCUT2D eigenvalue weighted by atomic mass is 9.99. The van der Waals surface area contributed by atoms with E-state index in [0.717, 1.165) is 0 Å². The maximum atomic E-state index is 12.7. The molecule has 0 spiro atoms. The van der Waals surface area contributed by atoms with Crippen molar-refractivity contribution in [2.45, 2.75) is 52.2 Å². The van der Waals surface area contributed by atoms with Gasteiger partial charge in [0.1, 0.15) is 5.60 Å². The molecule has 0 aromatic carbocycles. The van der Waals surface area contributed by atoms with Crippen LogP contribution in [0.4, 0.5) is 13.6 Å². The number of ether oxygens (including phenoxy) is 1. The molecule has 17 heavy (non-hydrogen) atoms. The normalized spacial score (nSPS) is 15.5. The molecule has 0 aliphatic heterocycles. The van der Waals surface area contributed by atoms with E-state index in [0.29, 0.717) is 6.42 Å². The lowest BCUT2D eigenvalue weighted by molar-refractivity contribution is 0.0407. The molecular formula is C11H22F2N2O2. The van der Waals surface area contributed by atoms with E-state index < -0.39 is 30.1 Å². The number of alkyl halides is 2. The van der Waals surface area contributed by atoms with Gasteiger partial charge in [-0.3, -0.25) is 0 Å². The molecule has 0 heterocycles. The van der Waals surface area contributed by atoms with Gasteiger partial charge in [-0.2, -0.15) is 0 Å². The summed E-state index contributed by atoms with van der Waals surface area (Å²) < 4.78 is 30.3. The van der Waals surface area contributed by atoms with Crippen molar-refractivity contribution >= 4 is 6.09 Å². The first kappa shape index (κ1) is 16.1. The first-order valence-electron chi connectivity index (χ1n) is 5.68. The number of hydrogen-bond acceptors (Lipinski definition) is 3. The van der Waals surface area contributed by atoms with Crippen molar-refractivity contribution in [2.24, 2.45) is 11.7 Å². The maximum Gasteiger partial charge on any atom is 0.407 e. The number of hydrogen-bond donors (Lipinski definition) is 2. The second-order valence-electron chi connectivity index (χ2n) is 4.95. The number of nitrogens with one attached hydrogen (secondary N) is 1. The van der Waals surface area contributed by atoms with E-state index in [4.69, 9.17) is 10.5 Å². The molecule has 0 aromatic rings. The number of nitrogens with two attached hydrogens (primary N) is 1. The van der Waals surface area contributed by atoms with Gasteiger partial charge in [0.15, 0.2) is 0 Å². The van der Waals surface area contributed by atoms with Crippen LogP contribution in [-0.2, 0) is 4.74 Å². The summed E-state index contributed by atoms with van der Waals surface area (Å²) in [4.78, 5) is 11.3. The average molecular weight is 252 g/mol. The standard InChI is InChI=1S/C11H22F2N2O2/c1-5-8(14)7(9(12)13)6-15-10(16)17-11(2,3)4/h7-9H,5-6,14H2,1-4H3,(H,15,16)/t7-,8-/m0/s1. The molecule has 0 saturated carbocycles. The highest BCUT2D eigenvalue weighted by atomic mass is 19.3. The van der Waals surface area contributed by atoms with Crippen molar-refractivity contribution in [3.8, 4) is 0 Å². The predicted molar refractivity (Wildman–Crippen MR) is 62.0 cm³/mol. The van der Waals surface area contributed by atoms with Gasteiger partial charge in [0, 0.05) is 12.6 Å². The molecule has 0 rings (SSSR count). The highest BCUT2D eigenvalue weighted by Crippen LogP contribution is 2.15. The number of carbonyl (C=O) groups excluding carboxylic acids is 1. The van der Waals surface area contributed by atoms with Crippen LogP contribution in [0.5, 0.6) is 0 Å². The van der Waals surface area contributed by atoms with Crippen LogP contribution in [0.15, 0.2) is 0 Å². The Morgan fingerprint density at radius 2 is 1.94 bits per heavy atom. The van der Waals surface area contributed by atoms with E-state index in [-0.39, 0.29) is 6.54 Å². The largest absolute Gasteiger partial charge is 0.444 e. The molecule has 102 valence electrons. The Labute approximate surface area is 101 Å². The zero-order chi connectivity index (χ0) is 13.6. The fraction of sp³-hybridized carbons (Fsp3) is 0.909. The van der Waals surface area contributed by atoms with Crippen LogP contribution < -0.4 is 11.1 Å². The predicted octanol–water partition coefficient (Wildman–Crippen LogP) is 2.13. The van der Waals surface area contributed by atoms with Gasteiger partial charge in [-0.05, 0) is 27.2 Å². The summed E-state index contributed by atoms with van der Waals surface area (Å²) in [6.45, 7) is 6.66. The Bertz CT molecular complexity index is 242. The molecule has 4 nitrogen and oxygen atoms in total. The number of carbonyl (C=O) groups is 1. The molecule has 0 aromatic heterocycles. The zero-order valence-corrected chi connectivity index (χ0v) is 10.8. The topological polar surface area (TPSA) is 64.3 Å². The first-order valence-corrected chi connectivity index (χ1v) is 5.68. The Kier molecular flexibility index (Phi) is 6.37. The fourth-order valence-electron chi connectivity index (χ4n) is 1.25. The van der Waals surface area contributed by atoms with Gasteiger partial charge in [-0.15, -0.1) is 0 Å². The summed E-state index contributed by atoms with van der Waals surface area (Å²) in [5.74, 6) is -1.05. The summed E-state index contributed by atoms with van der Waals surface area (Å²) in [7, 11) is 0. The SMILES string of the molecule is CC[C@H](N)[C@H](CNC(=O)OC(C)(C)C)C(F)F. The van der Waals surface area contributed by atoms with Crippen molar-refractivity contribution in [2.75, 3.05) is 6.54 Å². The number of alkyl carbamates (subject to hydrolysis) is 1. The highest BCUT2D eigenvalue weighted by Gasteiger charge is 2.27. The molecule has 0 fully saturated rings. The molecule has 0 bridgehead atoms. The van der Waals surface area contributed by atoms with E-state index in [1.807, 2.05) is 0 Å². The average Bonchev–Trinajstić information content (AvgIpc) is 2.14. The monoisotopic (exact) mass is 252 g/mol. The van der Waals surface area contributed by atoms with Gasteiger partial charge >= 0.3 is 6.09 Å². The molecule has 2 atom stereocenters. The van der Waals surface area contributed by atoms with Crippen LogP contribution in [0.1, 0.15) is 34.1 Å². The van der Waals surface area contributed by atoms with E-state index >= 15 is 0 Å². The van der Waals surface area contributed by atoms with Crippen LogP contribution in [0, 0.1) is 5.92 Å². The van der Waals surface area contributed by atoms with Crippen molar-refractivity contribution in [3.63, 3.8) is 0 Å². The minimum absolute atomic E-state index is 0.179. The smallest absolute Gasteiger partial charge is 0.407 e. The van der Waals surface area contributed by atoms with E-state index in [9.17, 15) is 13.6 Å². The van der Waals surface area contributed by atoms with Crippen LogP contribution in [0.2, 0.25) is 0 Å². The van der Waals surface area contributed by atoms with Gasteiger partial charge in [0.25, 0.3) is 0 Å². The van der Waals surface area contributed by atoms with Crippen LogP contribution in [0.3, 0.4) is 0 Å². The van der Waals surface area contributed by atoms with Crippen LogP contribution in [0.25, 0.3) is 0 Å². The molecule has 0 radical (unpaired) electrons. The molecule has 3 N–H and O–H groups in total. The number of halogens is 2. The van der Waals surface area contributed by atoms with Crippen LogP contribution in [-0.4, -0.2) is 30.7 Å². The summed E-state index contributed by atoms with van der Waals surface area (Å²) in [6.07, 6.45) is -2.82. The minimum Gasteiger partial charge on any atom is -0.444 e. The van der Waals surface area contributed by atoms with Gasteiger partial charge in [-0.1, -0.05) is 6.92 Å². The van der Waals surface area contributed by atoms with Gasteiger partial charge in [0.05, 0.1) is 5.92 Å². The minimum atomic E-state index is -2.56. The van der Waals surface area contributed by atoms with E-state index in [1.54, 1.807) is 27.7 Å². The Balaban J connectivity index is 4.18. The Morgan fingerprint density at radius 3 is 2.29 bits per heavy atom. The van der Waals surface area contributed by atoms with Crippen LogP contribution >= 0.6 is 0 Å². The second-order valence-corrected chi connectivity index (χ2v) is 4.95. The van der Waals surface area contributed by atoms with Crippen molar-refractivity contribution in [1.29, 1.82) is 0 Å². The molecular weight excluding hydrogens is 230 g/mol. The van der Waals surface area contributed by atoms with E-state index in [2.05, 4.69) is 5.32 Å². The first-order chi connectivity index (χ1) is 7.67. The molecule has 0 aliphatic rings. The molecule has 0 aliphatic carbocycles. The van der Waals surface area contributed by atoms with Crippen molar-refractivity contribution in [3.05, 3.63) is 0 Å². The van der Waals surface area contributed by atoms with Gasteiger partial charge in [0.2, 0.25) is 6.43 Å². The maximum absolute atomic E-state index is 12.7. The lowest BCUT2D eigenvalue weighted by Gasteiger charge is -2.24. The quantitative estimate of drug-likeness (QED) is 0.787. The summed E-state index contributed by atoms with van der Waals surface area (Å²) >= 11 is 0. The lowest BCUT2D eigenvalue weighted by Crippen LogP contribution is -2.43. The van der Waals surface area contributed by atoms with Crippen molar-refractivity contribution < 1.29 is 18.3 Å². The highest BCUT2D eigenvalue weighted by molar-refractivity contribution is 5.67. The zero-order valence-electron chi connectivity index (χ0n) is 10.8.